The first-order chi connectivity index (χ1) is 13.2. The van der Waals surface area contributed by atoms with Crippen LogP contribution in [0.3, 0.4) is 0 Å². The number of carbonyl (C=O) groups is 2. The lowest BCUT2D eigenvalue weighted by Gasteiger charge is -2.39. The van der Waals surface area contributed by atoms with Gasteiger partial charge in [-0.15, -0.1) is 0 Å². The molecule has 1 aromatic carbocycles. The zero-order valence-electron chi connectivity index (χ0n) is 16.3. The summed E-state index contributed by atoms with van der Waals surface area (Å²) in [5, 5.41) is 3.31. The highest BCUT2D eigenvalue weighted by Crippen LogP contribution is 2.53. The minimum Gasteiger partial charge on any atom is -0.466 e. The molecule has 0 spiro atoms. The number of rotatable bonds is 2. The molecule has 1 atom stereocenters. The molecule has 0 aromatic heterocycles. The Labute approximate surface area is 172 Å². The molecule has 0 saturated carbocycles. The molecule has 7 heteroatoms. The summed E-state index contributed by atoms with van der Waals surface area (Å²) in [7, 11) is 1.35. The second kappa shape index (κ2) is 6.65. The van der Waals surface area contributed by atoms with Crippen molar-refractivity contribution in [3.63, 3.8) is 0 Å². The second-order valence-corrected chi connectivity index (χ2v) is 8.97. The van der Waals surface area contributed by atoms with Gasteiger partial charge in [-0.25, -0.2) is 4.79 Å². The number of halogens is 1. The van der Waals surface area contributed by atoms with E-state index in [1.807, 2.05) is 19.1 Å². The number of fused-ring (bicyclic) bond motifs is 1. The Morgan fingerprint density at radius 1 is 1.29 bits per heavy atom. The number of hydrogen-bond acceptors (Lipinski definition) is 6. The van der Waals surface area contributed by atoms with Crippen LogP contribution >= 0.6 is 15.9 Å². The quantitative estimate of drug-likeness (QED) is 0.691. The summed E-state index contributed by atoms with van der Waals surface area (Å²) in [5.41, 5.74) is 3.14. The molecule has 0 saturated heterocycles. The first kappa shape index (κ1) is 19.1. The van der Waals surface area contributed by atoms with Crippen LogP contribution in [0.15, 0.2) is 39.1 Å². The van der Waals surface area contributed by atoms with E-state index in [9.17, 15) is 9.59 Å². The van der Waals surface area contributed by atoms with Crippen molar-refractivity contribution >= 4 is 27.7 Å². The van der Waals surface area contributed by atoms with Gasteiger partial charge in [-0.2, -0.15) is 0 Å². The third kappa shape index (κ3) is 2.92. The van der Waals surface area contributed by atoms with Crippen molar-refractivity contribution < 1.29 is 23.8 Å². The fraction of sp³-hybridized carbons (Fsp3) is 0.429. The van der Waals surface area contributed by atoms with Gasteiger partial charge in [0, 0.05) is 33.4 Å². The number of hydrogen-bond donors (Lipinski definition) is 1. The monoisotopic (exact) mass is 447 g/mol. The topological polar surface area (TPSA) is 73.9 Å². The van der Waals surface area contributed by atoms with Gasteiger partial charge in [0.25, 0.3) is 0 Å². The third-order valence-corrected chi connectivity index (χ3v) is 6.15. The molecule has 0 amide bonds. The Bertz CT molecular complexity index is 960. The van der Waals surface area contributed by atoms with Crippen LogP contribution in [0.2, 0.25) is 0 Å². The molecule has 4 rings (SSSR count). The van der Waals surface area contributed by atoms with Gasteiger partial charge >= 0.3 is 5.97 Å². The normalized spacial score (nSPS) is 22.8. The number of esters is 1. The van der Waals surface area contributed by atoms with E-state index in [-0.39, 0.29) is 18.0 Å². The lowest BCUT2D eigenvalue weighted by molar-refractivity contribution is -0.136. The third-order valence-electron chi connectivity index (χ3n) is 5.46. The maximum Gasteiger partial charge on any atom is 0.336 e. The number of dihydropyridines is 1. The van der Waals surface area contributed by atoms with Crippen LogP contribution in [0.1, 0.15) is 45.1 Å². The Hall–Kier alpha value is -2.28. The van der Waals surface area contributed by atoms with Crippen LogP contribution in [-0.4, -0.2) is 25.7 Å². The van der Waals surface area contributed by atoms with Crippen LogP contribution in [0.5, 0.6) is 11.5 Å². The molecule has 0 radical (unpaired) electrons. The molecule has 2 heterocycles. The maximum atomic E-state index is 13.2. The van der Waals surface area contributed by atoms with Crippen molar-refractivity contribution in [3.8, 4) is 11.5 Å². The van der Waals surface area contributed by atoms with Gasteiger partial charge in [0.15, 0.2) is 17.3 Å². The number of Topliss-reactive ketones (excluding diaryl/α,β-unsaturated/α-hetero) is 1. The van der Waals surface area contributed by atoms with Gasteiger partial charge in [-0.3, -0.25) is 4.79 Å². The minimum atomic E-state index is -0.585. The predicted octanol–water partition coefficient (Wildman–Crippen LogP) is 3.95. The number of carbonyl (C=O) groups excluding carboxylic acids is 2. The standard InChI is InChI=1S/C21H22BrNO5/c1-10-15(20(25)26-4)18(16-11(22)5-6-14-19(16)28-9-27-14)17-12(23-10)7-21(2,3)8-13(17)24/h5-6,18,23H,7-9H2,1-4H3/t18-/m0/s1. The zero-order valence-corrected chi connectivity index (χ0v) is 17.9. The van der Waals surface area contributed by atoms with E-state index in [1.54, 1.807) is 0 Å². The van der Waals surface area contributed by atoms with Crippen molar-refractivity contribution in [3.05, 3.63) is 44.7 Å². The fourth-order valence-electron chi connectivity index (χ4n) is 4.34. The zero-order chi connectivity index (χ0) is 20.2. The molecule has 0 fully saturated rings. The highest BCUT2D eigenvalue weighted by Gasteiger charge is 2.45. The number of ketones is 1. The van der Waals surface area contributed by atoms with Crippen molar-refractivity contribution in [2.45, 2.75) is 39.5 Å². The van der Waals surface area contributed by atoms with Gasteiger partial charge in [0.2, 0.25) is 6.79 Å². The first-order valence-electron chi connectivity index (χ1n) is 9.14. The van der Waals surface area contributed by atoms with Gasteiger partial charge in [-0.05, 0) is 30.9 Å². The molecular weight excluding hydrogens is 426 g/mol. The number of nitrogens with one attached hydrogen (secondary N) is 1. The predicted molar refractivity (Wildman–Crippen MR) is 106 cm³/mol. The molecule has 0 bridgehead atoms. The molecular formula is C21H22BrNO5. The molecule has 1 N–H and O–H groups in total. The summed E-state index contributed by atoms with van der Waals surface area (Å²) in [4.78, 5) is 26.0. The summed E-state index contributed by atoms with van der Waals surface area (Å²) in [6.07, 6.45) is 1.14. The van der Waals surface area contributed by atoms with E-state index in [4.69, 9.17) is 14.2 Å². The summed E-state index contributed by atoms with van der Waals surface area (Å²) in [5.74, 6) is 0.131. The van der Waals surface area contributed by atoms with Crippen molar-refractivity contribution in [1.82, 2.24) is 5.32 Å². The van der Waals surface area contributed by atoms with Gasteiger partial charge in [0.05, 0.1) is 18.6 Å². The number of methoxy groups -OCH3 is 1. The van der Waals surface area contributed by atoms with E-state index < -0.39 is 11.9 Å². The first-order valence-corrected chi connectivity index (χ1v) is 9.93. The number of benzene rings is 1. The Morgan fingerprint density at radius 3 is 2.75 bits per heavy atom. The molecule has 0 unspecified atom stereocenters. The molecule has 148 valence electrons. The Balaban J connectivity index is 1.99. The summed E-state index contributed by atoms with van der Waals surface area (Å²) in [6.45, 7) is 6.09. The second-order valence-electron chi connectivity index (χ2n) is 8.12. The summed E-state index contributed by atoms with van der Waals surface area (Å²) < 4.78 is 17.1. The smallest absolute Gasteiger partial charge is 0.336 e. The lowest BCUT2D eigenvalue weighted by Crippen LogP contribution is -2.38. The maximum absolute atomic E-state index is 13.2. The van der Waals surface area contributed by atoms with Gasteiger partial charge < -0.3 is 19.5 Å². The van der Waals surface area contributed by atoms with E-state index in [1.165, 1.54) is 7.11 Å². The van der Waals surface area contributed by atoms with E-state index in [0.29, 0.717) is 34.8 Å². The number of allylic oxidation sites excluding steroid dienone is 3. The summed E-state index contributed by atoms with van der Waals surface area (Å²) in [6, 6.07) is 3.67. The van der Waals surface area contributed by atoms with Crippen molar-refractivity contribution in [2.24, 2.45) is 5.41 Å². The average Bonchev–Trinajstić information content (AvgIpc) is 3.07. The Kier molecular flexibility index (Phi) is 4.53. The van der Waals surface area contributed by atoms with E-state index in [0.717, 1.165) is 22.2 Å². The minimum absolute atomic E-state index is 0.0288. The average molecular weight is 448 g/mol. The van der Waals surface area contributed by atoms with Crippen LogP contribution in [0.25, 0.3) is 0 Å². The van der Waals surface area contributed by atoms with Gasteiger partial charge in [0.1, 0.15) is 0 Å². The molecule has 1 aromatic rings. The van der Waals surface area contributed by atoms with E-state index in [2.05, 4.69) is 35.1 Å². The largest absolute Gasteiger partial charge is 0.466 e. The Morgan fingerprint density at radius 2 is 2.04 bits per heavy atom. The molecule has 1 aliphatic carbocycles. The van der Waals surface area contributed by atoms with Crippen LogP contribution in [-0.2, 0) is 14.3 Å². The van der Waals surface area contributed by atoms with Gasteiger partial charge in [-0.1, -0.05) is 29.8 Å². The molecule has 2 aliphatic heterocycles. The van der Waals surface area contributed by atoms with Crippen molar-refractivity contribution in [1.29, 1.82) is 0 Å². The highest BCUT2D eigenvalue weighted by molar-refractivity contribution is 9.10. The lowest BCUT2D eigenvalue weighted by atomic mass is 9.68. The van der Waals surface area contributed by atoms with Crippen LogP contribution in [0.4, 0.5) is 0 Å². The highest BCUT2D eigenvalue weighted by atomic mass is 79.9. The molecule has 28 heavy (non-hydrogen) atoms. The fourth-order valence-corrected chi connectivity index (χ4v) is 4.89. The SMILES string of the molecule is COC(=O)C1=C(C)NC2=C(C(=O)CC(C)(C)C2)[C@@H]1c1c(Br)ccc2c1OCO2. The molecule has 6 nitrogen and oxygen atoms in total. The number of ether oxygens (including phenoxy) is 3. The van der Waals surface area contributed by atoms with Crippen LogP contribution in [0, 0.1) is 5.41 Å². The van der Waals surface area contributed by atoms with Crippen molar-refractivity contribution in [2.75, 3.05) is 13.9 Å². The van der Waals surface area contributed by atoms with Crippen LogP contribution < -0.4 is 14.8 Å². The van der Waals surface area contributed by atoms with E-state index >= 15 is 0 Å². The summed E-state index contributed by atoms with van der Waals surface area (Å²) >= 11 is 3.60. The molecule has 3 aliphatic rings.